The standard InChI is InChI=1S/C20H22N6O4/c21-9-16-10-22-3-1-15(16)13-29-18-11-23-19(24-12-18)25-4-6-26(7-5-25)20(27)30-17-2-8-28-14-17/h1,3,10-12,17H,2,4-8,13-14H2/t17-/m1/s1. The van der Waals surface area contributed by atoms with E-state index in [1.807, 2.05) is 4.90 Å². The largest absolute Gasteiger partial charge is 0.486 e. The number of pyridine rings is 1. The highest BCUT2D eigenvalue weighted by atomic mass is 16.6. The molecule has 0 saturated carbocycles. The molecule has 4 rings (SSSR count). The summed E-state index contributed by atoms with van der Waals surface area (Å²) in [5.41, 5.74) is 1.23. The van der Waals surface area contributed by atoms with E-state index < -0.39 is 0 Å². The third-order valence-corrected chi connectivity index (χ3v) is 5.02. The smallest absolute Gasteiger partial charge is 0.410 e. The van der Waals surface area contributed by atoms with Crippen molar-refractivity contribution in [3.63, 3.8) is 0 Å². The van der Waals surface area contributed by atoms with E-state index in [1.54, 1.807) is 29.6 Å². The van der Waals surface area contributed by atoms with Crippen LogP contribution in [0.3, 0.4) is 0 Å². The molecule has 2 saturated heterocycles. The van der Waals surface area contributed by atoms with Crippen LogP contribution in [-0.4, -0.2) is 71.4 Å². The van der Waals surface area contributed by atoms with E-state index in [-0.39, 0.29) is 18.8 Å². The third kappa shape index (κ3) is 4.75. The summed E-state index contributed by atoms with van der Waals surface area (Å²) >= 11 is 0. The Hall–Kier alpha value is -3.45. The monoisotopic (exact) mass is 410 g/mol. The third-order valence-electron chi connectivity index (χ3n) is 5.02. The van der Waals surface area contributed by atoms with Crippen LogP contribution in [0.25, 0.3) is 0 Å². The minimum absolute atomic E-state index is 0.136. The minimum Gasteiger partial charge on any atom is -0.486 e. The maximum absolute atomic E-state index is 12.2. The Bertz CT molecular complexity index is 902. The van der Waals surface area contributed by atoms with Crippen LogP contribution in [0.5, 0.6) is 5.75 Å². The van der Waals surface area contributed by atoms with Gasteiger partial charge >= 0.3 is 6.09 Å². The molecule has 156 valence electrons. The van der Waals surface area contributed by atoms with Crippen LogP contribution in [0.4, 0.5) is 10.7 Å². The fourth-order valence-electron chi connectivity index (χ4n) is 3.27. The lowest BCUT2D eigenvalue weighted by molar-refractivity contribution is 0.0533. The van der Waals surface area contributed by atoms with E-state index >= 15 is 0 Å². The number of carbonyl (C=O) groups is 1. The summed E-state index contributed by atoms with van der Waals surface area (Å²) in [6, 6.07) is 3.84. The van der Waals surface area contributed by atoms with Gasteiger partial charge in [-0.25, -0.2) is 14.8 Å². The molecular formula is C20H22N6O4. The molecule has 0 aliphatic carbocycles. The highest BCUT2D eigenvalue weighted by Gasteiger charge is 2.27. The van der Waals surface area contributed by atoms with Crippen molar-refractivity contribution >= 4 is 12.0 Å². The van der Waals surface area contributed by atoms with Gasteiger partial charge in [-0.15, -0.1) is 0 Å². The lowest BCUT2D eigenvalue weighted by atomic mass is 10.2. The number of anilines is 1. The molecule has 0 aromatic carbocycles. The topological polar surface area (TPSA) is 114 Å². The van der Waals surface area contributed by atoms with Crippen molar-refractivity contribution in [3.05, 3.63) is 42.0 Å². The summed E-state index contributed by atoms with van der Waals surface area (Å²) in [5, 5.41) is 9.11. The van der Waals surface area contributed by atoms with Gasteiger partial charge < -0.3 is 24.0 Å². The maximum Gasteiger partial charge on any atom is 0.410 e. The van der Waals surface area contributed by atoms with E-state index in [0.29, 0.717) is 56.7 Å². The summed E-state index contributed by atoms with van der Waals surface area (Å²) in [5.74, 6) is 1.10. The van der Waals surface area contributed by atoms with Gasteiger partial charge in [0.1, 0.15) is 18.8 Å². The first kappa shape index (κ1) is 19.8. The summed E-state index contributed by atoms with van der Waals surface area (Å²) in [4.78, 5) is 28.6. The van der Waals surface area contributed by atoms with Crippen molar-refractivity contribution in [2.75, 3.05) is 44.3 Å². The molecule has 2 aliphatic rings. The molecule has 2 aromatic rings. The van der Waals surface area contributed by atoms with Crippen molar-refractivity contribution in [3.8, 4) is 11.8 Å². The van der Waals surface area contributed by atoms with Gasteiger partial charge in [0, 0.05) is 50.6 Å². The molecule has 0 radical (unpaired) electrons. The molecule has 2 aromatic heterocycles. The Morgan fingerprint density at radius 1 is 1.23 bits per heavy atom. The first-order valence-corrected chi connectivity index (χ1v) is 9.79. The van der Waals surface area contributed by atoms with Crippen LogP contribution in [0.1, 0.15) is 17.5 Å². The van der Waals surface area contributed by atoms with Gasteiger partial charge in [-0.3, -0.25) is 4.98 Å². The summed E-state index contributed by atoms with van der Waals surface area (Å²) in [7, 11) is 0. The van der Waals surface area contributed by atoms with Crippen LogP contribution in [0.15, 0.2) is 30.9 Å². The van der Waals surface area contributed by atoms with Crippen LogP contribution in [-0.2, 0) is 16.1 Å². The number of ether oxygens (including phenoxy) is 3. The summed E-state index contributed by atoms with van der Waals surface area (Å²) in [6.07, 6.45) is 6.68. The number of nitrogens with zero attached hydrogens (tertiary/aromatic N) is 6. The highest BCUT2D eigenvalue weighted by Crippen LogP contribution is 2.17. The average molecular weight is 410 g/mol. The Morgan fingerprint density at radius 2 is 2.03 bits per heavy atom. The number of rotatable bonds is 5. The van der Waals surface area contributed by atoms with Crippen molar-refractivity contribution in [1.29, 1.82) is 5.26 Å². The van der Waals surface area contributed by atoms with Gasteiger partial charge in [-0.05, 0) is 6.07 Å². The van der Waals surface area contributed by atoms with Crippen molar-refractivity contribution in [2.24, 2.45) is 0 Å². The lowest BCUT2D eigenvalue weighted by Gasteiger charge is -2.34. The average Bonchev–Trinajstić information content (AvgIpc) is 3.31. The quantitative estimate of drug-likeness (QED) is 0.721. The number of nitriles is 1. The van der Waals surface area contributed by atoms with Gasteiger partial charge in [-0.2, -0.15) is 5.26 Å². The van der Waals surface area contributed by atoms with Gasteiger partial charge in [0.2, 0.25) is 5.95 Å². The van der Waals surface area contributed by atoms with Crippen LogP contribution in [0, 0.1) is 11.3 Å². The molecule has 1 atom stereocenters. The van der Waals surface area contributed by atoms with E-state index in [4.69, 9.17) is 19.5 Å². The van der Waals surface area contributed by atoms with Crippen molar-refractivity contribution in [1.82, 2.24) is 19.9 Å². The second-order valence-corrected chi connectivity index (χ2v) is 7.00. The summed E-state index contributed by atoms with van der Waals surface area (Å²) < 4.78 is 16.4. The first-order valence-electron chi connectivity index (χ1n) is 9.79. The van der Waals surface area contributed by atoms with Gasteiger partial charge in [-0.1, -0.05) is 0 Å². The molecular weight excluding hydrogens is 388 g/mol. The number of carbonyl (C=O) groups excluding carboxylic acids is 1. The molecule has 0 bridgehead atoms. The van der Waals surface area contributed by atoms with Crippen molar-refractivity contribution in [2.45, 2.75) is 19.1 Å². The predicted molar refractivity (Wildman–Crippen MR) is 105 cm³/mol. The van der Waals surface area contributed by atoms with E-state index in [0.717, 1.165) is 12.0 Å². The van der Waals surface area contributed by atoms with Crippen LogP contribution >= 0.6 is 0 Å². The lowest BCUT2D eigenvalue weighted by Crippen LogP contribution is -2.50. The molecule has 4 heterocycles. The molecule has 10 nitrogen and oxygen atoms in total. The Balaban J connectivity index is 1.26. The SMILES string of the molecule is N#Cc1cnccc1COc1cnc(N2CCN(C(=O)O[C@@H]3CCOC3)CC2)nc1. The zero-order chi connectivity index (χ0) is 20.8. The second-order valence-electron chi connectivity index (χ2n) is 7.00. The van der Waals surface area contributed by atoms with Gasteiger partial charge in [0.15, 0.2) is 5.75 Å². The van der Waals surface area contributed by atoms with E-state index in [9.17, 15) is 4.79 Å². The normalized spacial score (nSPS) is 18.7. The van der Waals surface area contributed by atoms with Crippen molar-refractivity contribution < 1.29 is 19.0 Å². The van der Waals surface area contributed by atoms with Gasteiger partial charge in [0.25, 0.3) is 0 Å². The molecule has 0 unspecified atom stereocenters. The number of hydrogen-bond acceptors (Lipinski definition) is 9. The fraction of sp³-hybridized carbons (Fsp3) is 0.450. The molecule has 2 fully saturated rings. The number of aromatic nitrogens is 3. The van der Waals surface area contributed by atoms with Gasteiger partial charge in [0.05, 0.1) is 31.2 Å². The molecule has 10 heteroatoms. The molecule has 0 spiro atoms. The van der Waals surface area contributed by atoms with Crippen LogP contribution < -0.4 is 9.64 Å². The Labute approximate surface area is 174 Å². The Kier molecular flexibility index (Phi) is 6.20. The predicted octanol–water partition coefficient (Wildman–Crippen LogP) is 1.37. The molecule has 30 heavy (non-hydrogen) atoms. The first-order chi connectivity index (χ1) is 14.7. The maximum atomic E-state index is 12.2. The number of hydrogen-bond donors (Lipinski definition) is 0. The molecule has 2 aliphatic heterocycles. The second kappa shape index (κ2) is 9.37. The number of amides is 1. The molecule has 0 N–H and O–H groups in total. The number of piperazine rings is 1. The zero-order valence-electron chi connectivity index (χ0n) is 16.4. The van der Waals surface area contributed by atoms with E-state index in [1.165, 1.54) is 6.20 Å². The minimum atomic E-state index is -0.289. The molecule has 1 amide bonds. The zero-order valence-corrected chi connectivity index (χ0v) is 16.4. The fourth-order valence-corrected chi connectivity index (χ4v) is 3.27. The Morgan fingerprint density at radius 3 is 2.73 bits per heavy atom. The van der Waals surface area contributed by atoms with Crippen LogP contribution in [0.2, 0.25) is 0 Å². The summed E-state index contributed by atoms with van der Waals surface area (Å²) in [6.45, 7) is 3.71. The van der Waals surface area contributed by atoms with E-state index in [2.05, 4.69) is 21.0 Å². The highest BCUT2D eigenvalue weighted by molar-refractivity contribution is 5.68.